The molecule has 1 atom stereocenters. The molecule has 1 unspecified atom stereocenters. The molecule has 2 fully saturated rings. The first-order chi connectivity index (χ1) is 22.3. The lowest BCUT2D eigenvalue weighted by Gasteiger charge is -2.37. The highest BCUT2D eigenvalue weighted by Crippen LogP contribution is 2.44. The second-order valence-corrected chi connectivity index (χ2v) is 12.9. The summed E-state index contributed by atoms with van der Waals surface area (Å²) in [6.45, 7) is 4.94. The Kier molecular flexibility index (Phi) is 9.45. The smallest absolute Gasteiger partial charge is 0.303 e. The second-order valence-electron chi connectivity index (χ2n) is 12.9. The van der Waals surface area contributed by atoms with Gasteiger partial charge in [0.05, 0.1) is 29.2 Å². The molecule has 2 N–H and O–H groups in total. The molecule has 46 heavy (non-hydrogen) atoms. The standard InChI is InChI=1S/C38H42N4O4/c1-27(28-12-4-2-5-13-28)39-37(46)35-30-16-8-9-17-32(30)40-36(29-14-6-3-7-15-29)31(35)26-41-20-22-42(23-21-41)33(43)24-38(25-34(44)45)18-10-11-19-38/h2-9,12-17,27H,10-11,18-26H2,1H3,(H,39,46)(H,44,45). The minimum atomic E-state index is -0.823. The summed E-state index contributed by atoms with van der Waals surface area (Å²) >= 11 is 0. The molecule has 1 aliphatic heterocycles. The first-order valence-electron chi connectivity index (χ1n) is 16.4. The van der Waals surface area contributed by atoms with E-state index in [1.807, 2.05) is 96.8 Å². The van der Waals surface area contributed by atoms with Crippen molar-refractivity contribution in [3.8, 4) is 11.3 Å². The number of aliphatic carboxylic acids is 1. The Bertz CT molecular complexity index is 1690. The zero-order valence-corrected chi connectivity index (χ0v) is 26.5. The van der Waals surface area contributed by atoms with Gasteiger partial charge in [0.1, 0.15) is 0 Å². The van der Waals surface area contributed by atoms with Crippen molar-refractivity contribution in [2.45, 2.75) is 58.0 Å². The van der Waals surface area contributed by atoms with Gasteiger partial charge < -0.3 is 15.3 Å². The van der Waals surface area contributed by atoms with Crippen LogP contribution in [0.25, 0.3) is 22.2 Å². The number of fused-ring (bicyclic) bond motifs is 1. The third-order valence-electron chi connectivity index (χ3n) is 9.74. The van der Waals surface area contributed by atoms with E-state index in [2.05, 4.69) is 10.2 Å². The maximum Gasteiger partial charge on any atom is 0.303 e. The number of carboxylic acid groups (broad SMARTS) is 1. The predicted octanol–water partition coefficient (Wildman–Crippen LogP) is 6.46. The number of hydrogen-bond donors (Lipinski definition) is 2. The molecule has 0 spiro atoms. The number of carbonyl (C=O) groups excluding carboxylic acids is 2. The Morgan fingerprint density at radius 3 is 2.15 bits per heavy atom. The maximum atomic E-state index is 14.2. The van der Waals surface area contributed by atoms with E-state index in [1.165, 1.54) is 0 Å². The van der Waals surface area contributed by atoms with Gasteiger partial charge in [0, 0.05) is 55.7 Å². The number of piperazine rings is 1. The number of nitrogens with one attached hydrogen (secondary N) is 1. The molecule has 6 rings (SSSR count). The van der Waals surface area contributed by atoms with Gasteiger partial charge in [-0.25, -0.2) is 4.98 Å². The van der Waals surface area contributed by atoms with Crippen LogP contribution >= 0.6 is 0 Å². The van der Waals surface area contributed by atoms with Crippen molar-refractivity contribution in [2.24, 2.45) is 5.41 Å². The van der Waals surface area contributed by atoms with Gasteiger partial charge in [0.25, 0.3) is 5.91 Å². The molecule has 2 heterocycles. The molecule has 0 bridgehead atoms. The molecule has 1 aromatic heterocycles. The number of para-hydroxylation sites is 1. The second kappa shape index (κ2) is 13.8. The first-order valence-corrected chi connectivity index (χ1v) is 16.4. The minimum Gasteiger partial charge on any atom is -0.481 e. The van der Waals surface area contributed by atoms with Crippen LogP contribution in [-0.4, -0.2) is 63.9 Å². The summed E-state index contributed by atoms with van der Waals surface area (Å²) in [7, 11) is 0. The zero-order chi connectivity index (χ0) is 32.1. The Hall–Kier alpha value is -4.56. The van der Waals surface area contributed by atoms with E-state index in [9.17, 15) is 19.5 Å². The Morgan fingerprint density at radius 2 is 1.48 bits per heavy atom. The third-order valence-corrected chi connectivity index (χ3v) is 9.74. The molecular weight excluding hydrogens is 576 g/mol. The number of nitrogens with zero attached hydrogens (tertiary/aromatic N) is 3. The third kappa shape index (κ3) is 6.97. The number of pyridine rings is 1. The highest BCUT2D eigenvalue weighted by molar-refractivity contribution is 6.09. The van der Waals surface area contributed by atoms with Crippen molar-refractivity contribution in [1.29, 1.82) is 0 Å². The van der Waals surface area contributed by atoms with Crippen LogP contribution < -0.4 is 5.32 Å². The van der Waals surface area contributed by atoms with E-state index >= 15 is 0 Å². The lowest BCUT2D eigenvalue weighted by atomic mass is 9.79. The molecule has 1 saturated heterocycles. The van der Waals surface area contributed by atoms with Crippen molar-refractivity contribution in [1.82, 2.24) is 20.1 Å². The lowest BCUT2D eigenvalue weighted by Crippen LogP contribution is -2.49. The maximum absolute atomic E-state index is 14.2. The highest BCUT2D eigenvalue weighted by atomic mass is 16.4. The number of hydrogen-bond acceptors (Lipinski definition) is 5. The fourth-order valence-electron chi connectivity index (χ4n) is 7.27. The lowest BCUT2D eigenvalue weighted by molar-refractivity contribution is -0.142. The van der Waals surface area contributed by atoms with E-state index < -0.39 is 11.4 Å². The van der Waals surface area contributed by atoms with Crippen molar-refractivity contribution in [3.63, 3.8) is 0 Å². The van der Waals surface area contributed by atoms with Crippen LogP contribution in [0.3, 0.4) is 0 Å². The molecule has 0 radical (unpaired) electrons. The molecule has 8 nitrogen and oxygen atoms in total. The van der Waals surface area contributed by atoms with E-state index in [0.29, 0.717) is 44.7 Å². The predicted molar refractivity (Wildman–Crippen MR) is 179 cm³/mol. The zero-order valence-electron chi connectivity index (χ0n) is 26.5. The normalized spacial score (nSPS) is 17.1. The van der Waals surface area contributed by atoms with Crippen LogP contribution in [0.5, 0.6) is 0 Å². The van der Waals surface area contributed by atoms with Gasteiger partial charge in [0.15, 0.2) is 0 Å². The van der Waals surface area contributed by atoms with Crippen molar-refractivity contribution < 1.29 is 19.5 Å². The SMILES string of the molecule is CC(NC(=O)c1c(CN2CCN(C(=O)CC3(CC(=O)O)CCCC3)CC2)c(-c2ccccc2)nc2ccccc12)c1ccccc1. The Morgan fingerprint density at radius 1 is 0.848 bits per heavy atom. The van der Waals surface area contributed by atoms with Crippen molar-refractivity contribution >= 4 is 28.7 Å². The number of aromatic nitrogens is 1. The molecule has 2 amide bonds. The number of carbonyl (C=O) groups is 3. The fourth-order valence-corrected chi connectivity index (χ4v) is 7.27. The summed E-state index contributed by atoms with van der Waals surface area (Å²) in [6, 6.07) is 27.6. The van der Waals surface area contributed by atoms with Crippen molar-refractivity contribution in [3.05, 3.63) is 102 Å². The topological polar surface area (TPSA) is 103 Å². The van der Waals surface area contributed by atoms with E-state index in [0.717, 1.165) is 59.0 Å². The van der Waals surface area contributed by atoms with E-state index in [-0.39, 0.29) is 24.3 Å². The van der Waals surface area contributed by atoms with Gasteiger partial charge in [-0.15, -0.1) is 0 Å². The average Bonchev–Trinajstić information content (AvgIpc) is 3.52. The first kappa shape index (κ1) is 31.4. The van der Waals surface area contributed by atoms with Crippen LogP contribution in [0.4, 0.5) is 0 Å². The fraction of sp³-hybridized carbons (Fsp3) is 0.368. The summed E-state index contributed by atoms with van der Waals surface area (Å²) in [5.41, 5.74) is 4.61. The Labute approximate surface area is 270 Å². The van der Waals surface area contributed by atoms with Gasteiger partial charge in [0.2, 0.25) is 5.91 Å². The van der Waals surface area contributed by atoms with Gasteiger partial charge in [-0.2, -0.15) is 0 Å². The highest BCUT2D eigenvalue weighted by Gasteiger charge is 2.39. The summed E-state index contributed by atoms with van der Waals surface area (Å²) < 4.78 is 0. The molecule has 1 saturated carbocycles. The number of rotatable bonds is 10. The summed E-state index contributed by atoms with van der Waals surface area (Å²) in [4.78, 5) is 48.5. The average molecular weight is 619 g/mol. The van der Waals surface area contributed by atoms with Crippen LogP contribution in [0.15, 0.2) is 84.9 Å². The van der Waals surface area contributed by atoms with Gasteiger partial charge in [-0.05, 0) is 36.8 Å². The molecule has 238 valence electrons. The monoisotopic (exact) mass is 618 g/mol. The number of amides is 2. The molecule has 4 aromatic rings. The van der Waals surface area contributed by atoms with Gasteiger partial charge >= 0.3 is 5.97 Å². The number of carboxylic acids is 1. The van der Waals surface area contributed by atoms with E-state index in [4.69, 9.17) is 4.98 Å². The number of benzene rings is 3. The summed E-state index contributed by atoms with van der Waals surface area (Å²) in [6.07, 6.45) is 3.93. The van der Waals surface area contributed by atoms with Crippen LogP contribution in [0.2, 0.25) is 0 Å². The molecular formula is C38H42N4O4. The van der Waals surface area contributed by atoms with E-state index in [1.54, 1.807) is 0 Å². The molecule has 2 aliphatic rings. The summed E-state index contributed by atoms with van der Waals surface area (Å²) in [5, 5.41) is 13.6. The van der Waals surface area contributed by atoms with Gasteiger partial charge in [-0.1, -0.05) is 91.7 Å². The molecule has 1 aliphatic carbocycles. The van der Waals surface area contributed by atoms with Gasteiger partial charge in [-0.3, -0.25) is 19.3 Å². The van der Waals surface area contributed by atoms with Crippen LogP contribution in [0.1, 0.15) is 73.0 Å². The van der Waals surface area contributed by atoms with Crippen molar-refractivity contribution in [2.75, 3.05) is 26.2 Å². The quantitative estimate of drug-likeness (QED) is 0.211. The molecule has 8 heteroatoms. The molecule has 3 aromatic carbocycles. The largest absolute Gasteiger partial charge is 0.481 e. The minimum absolute atomic E-state index is 0.0510. The van der Waals surface area contributed by atoms with Crippen LogP contribution in [-0.2, 0) is 16.1 Å². The summed E-state index contributed by atoms with van der Waals surface area (Å²) in [5.74, 6) is -0.915. The van der Waals surface area contributed by atoms with Crippen LogP contribution in [0, 0.1) is 5.41 Å². The Balaban J connectivity index is 1.27.